The van der Waals surface area contributed by atoms with Gasteiger partial charge in [-0.2, -0.15) is 0 Å². The topological polar surface area (TPSA) is 37.3 Å². The second-order valence-corrected chi connectivity index (χ2v) is 4.25. The van der Waals surface area contributed by atoms with Crippen LogP contribution in [0.3, 0.4) is 0 Å². The average molecular weight is 170 g/mol. The molecule has 3 atom stereocenters. The minimum absolute atomic E-state index is 0.137. The third-order valence-electron chi connectivity index (χ3n) is 3.27. The Kier molecular flexibility index (Phi) is 2.57. The van der Waals surface area contributed by atoms with Crippen molar-refractivity contribution in [3.8, 4) is 0 Å². The van der Waals surface area contributed by atoms with Gasteiger partial charge in [0.2, 0.25) is 0 Å². The molecule has 2 nitrogen and oxygen atoms in total. The van der Waals surface area contributed by atoms with Crippen molar-refractivity contribution in [3.63, 3.8) is 0 Å². The Labute approximate surface area is 74.0 Å². The van der Waals surface area contributed by atoms with E-state index in [-0.39, 0.29) is 11.7 Å². The van der Waals surface area contributed by atoms with Crippen LogP contribution in [0.25, 0.3) is 0 Å². The van der Waals surface area contributed by atoms with Gasteiger partial charge in [-0.15, -0.1) is 0 Å². The third-order valence-corrected chi connectivity index (χ3v) is 3.27. The number of ketones is 1. The maximum Gasteiger partial charge on any atom is 0.144 e. The molecule has 1 N–H and O–H groups in total. The second kappa shape index (κ2) is 3.17. The normalized spacial score (nSPS) is 39.7. The largest absolute Gasteiger partial charge is 0.392 e. The van der Waals surface area contributed by atoms with Crippen LogP contribution in [0.15, 0.2) is 0 Å². The predicted octanol–water partition coefficient (Wildman–Crippen LogP) is 1.76. The Morgan fingerprint density at radius 2 is 2.25 bits per heavy atom. The predicted molar refractivity (Wildman–Crippen MR) is 47.8 cm³/mol. The SMILES string of the molecule is CC1CCCC(C)(C(C)O)C1=O. The van der Waals surface area contributed by atoms with E-state index in [1.165, 1.54) is 0 Å². The van der Waals surface area contributed by atoms with Gasteiger partial charge in [0.15, 0.2) is 0 Å². The fourth-order valence-electron chi connectivity index (χ4n) is 2.01. The van der Waals surface area contributed by atoms with Crippen LogP contribution in [0.2, 0.25) is 0 Å². The van der Waals surface area contributed by atoms with Crippen LogP contribution in [0.4, 0.5) is 0 Å². The first kappa shape index (κ1) is 9.72. The summed E-state index contributed by atoms with van der Waals surface area (Å²) >= 11 is 0. The number of aliphatic hydroxyl groups excluding tert-OH is 1. The Balaban J connectivity index is 2.81. The molecule has 0 spiro atoms. The van der Waals surface area contributed by atoms with E-state index in [1.54, 1.807) is 6.92 Å². The van der Waals surface area contributed by atoms with Gasteiger partial charge in [-0.1, -0.05) is 20.3 Å². The van der Waals surface area contributed by atoms with Crippen molar-refractivity contribution in [2.75, 3.05) is 0 Å². The Bertz CT molecular complexity index is 186. The lowest BCUT2D eigenvalue weighted by Crippen LogP contribution is -2.44. The highest BCUT2D eigenvalue weighted by molar-refractivity contribution is 5.87. The molecule has 0 aromatic rings. The molecular weight excluding hydrogens is 152 g/mol. The highest BCUT2D eigenvalue weighted by Gasteiger charge is 2.42. The number of carbonyl (C=O) groups is 1. The zero-order valence-electron chi connectivity index (χ0n) is 8.13. The molecule has 0 radical (unpaired) electrons. The summed E-state index contributed by atoms with van der Waals surface area (Å²) in [4.78, 5) is 11.7. The van der Waals surface area contributed by atoms with Gasteiger partial charge in [0.1, 0.15) is 5.78 Å². The van der Waals surface area contributed by atoms with E-state index in [0.717, 1.165) is 19.3 Å². The molecular formula is C10H18O2. The molecule has 0 heterocycles. The standard InChI is InChI=1S/C10H18O2/c1-7-5-4-6-10(3,8(2)11)9(7)12/h7-8,11H,4-6H2,1-3H3. The molecule has 1 fully saturated rings. The van der Waals surface area contributed by atoms with E-state index in [2.05, 4.69) is 0 Å². The quantitative estimate of drug-likeness (QED) is 0.651. The summed E-state index contributed by atoms with van der Waals surface area (Å²) in [6.45, 7) is 5.56. The second-order valence-electron chi connectivity index (χ2n) is 4.25. The van der Waals surface area contributed by atoms with E-state index < -0.39 is 11.5 Å². The lowest BCUT2D eigenvalue weighted by atomic mass is 9.67. The van der Waals surface area contributed by atoms with Crippen LogP contribution in [-0.2, 0) is 4.79 Å². The smallest absolute Gasteiger partial charge is 0.144 e. The number of hydrogen-bond acceptors (Lipinski definition) is 2. The molecule has 1 aliphatic rings. The zero-order valence-corrected chi connectivity index (χ0v) is 8.13. The molecule has 0 aromatic heterocycles. The van der Waals surface area contributed by atoms with Gasteiger partial charge in [0.25, 0.3) is 0 Å². The van der Waals surface area contributed by atoms with Crippen LogP contribution >= 0.6 is 0 Å². The molecule has 0 aliphatic heterocycles. The monoisotopic (exact) mass is 170 g/mol. The summed E-state index contributed by atoms with van der Waals surface area (Å²) in [6, 6.07) is 0. The van der Waals surface area contributed by atoms with Crippen LogP contribution in [0, 0.1) is 11.3 Å². The van der Waals surface area contributed by atoms with Gasteiger partial charge in [-0.3, -0.25) is 4.79 Å². The van der Waals surface area contributed by atoms with Gasteiger partial charge in [0, 0.05) is 5.92 Å². The molecule has 3 unspecified atom stereocenters. The van der Waals surface area contributed by atoms with E-state index >= 15 is 0 Å². The van der Waals surface area contributed by atoms with Crippen molar-refractivity contribution in [1.29, 1.82) is 0 Å². The fourth-order valence-corrected chi connectivity index (χ4v) is 2.01. The molecule has 1 aliphatic carbocycles. The fraction of sp³-hybridized carbons (Fsp3) is 0.900. The van der Waals surface area contributed by atoms with Crippen LogP contribution in [0.1, 0.15) is 40.0 Å². The minimum Gasteiger partial charge on any atom is -0.392 e. The summed E-state index contributed by atoms with van der Waals surface area (Å²) in [5, 5.41) is 9.50. The molecule has 1 saturated carbocycles. The third kappa shape index (κ3) is 1.40. The van der Waals surface area contributed by atoms with Crippen molar-refractivity contribution >= 4 is 5.78 Å². The summed E-state index contributed by atoms with van der Waals surface area (Å²) < 4.78 is 0. The molecule has 70 valence electrons. The molecule has 2 heteroatoms. The summed E-state index contributed by atoms with van der Waals surface area (Å²) in [5.41, 5.74) is -0.475. The number of aliphatic hydroxyl groups is 1. The van der Waals surface area contributed by atoms with Crippen molar-refractivity contribution < 1.29 is 9.90 Å². The highest BCUT2D eigenvalue weighted by Crippen LogP contribution is 2.38. The van der Waals surface area contributed by atoms with E-state index in [4.69, 9.17) is 0 Å². The molecule has 0 aromatic carbocycles. The average Bonchev–Trinajstić information content (AvgIpc) is 2.00. The summed E-state index contributed by atoms with van der Waals surface area (Å²) in [5.74, 6) is 0.377. The van der Waals surface area contributed by atoms with Crippen molar-refractivity contribution in [1.82, 2.24) is 0 Å². The van der Waals surface area contributed by atoms with Gasteiger partial charge in [0.05, 0.1) is 11.5 Å². The Morgan fingerprint density at radius 3 is 2.67 bits per heavy atom. The number of rotatable bonds is 1. The van der Waals surface area contributed by atoms with E-state index in [9.17, 15) is 9.90 Å². The number of carbonyl (C=O) groups excluding carboxylic acids is 1. The molecule has 1 rings (SSSR count). The summed E-state index contributed by atoms with van der Waals surface area (Å²) in [7, 11) is 0. The van der Waals surface area contributed by atoms with E-state index in [1.807, 2.05) is 13.8 Å². The van der Waals surface area contributed by atoms with Crippen LogP contribution < -0.4 is 0 Å². The Hall–Kier alpha value is -0.370. The zero-order chi connectivity index (χ0) is 9.35. The van der Waals surface area contributed by atoms with Gasteiger partial charge >= 0.3 is 0 Å². The number of hydrogen-bond donors (Lipinski definition) is 1. The lowest BCUT2D eigenvalue weighted by Gasteiger charge is -2.37. The minimum atomic E-state index is -0.507. The van der Waals surface area contributed by atoms with Gasteiger partial charge in [-0.05, 0) is 19.8 Å². The number of Topliss-reactive ketones (excluding diaryl/α,β-unsaturated/α-hetero) is 1. The van der Waals surface area contributed by atoms with Crippen LogP contribution in [0.5, 0.6) is 0 Å². The first-order chi connectivity index (χ1) is 5.48. The first-order valence-corrected chi connectivity index (χ1v) is 4.71. The lowest BCUT2D eigenvalue weighted by molar-refractivity contribution is -0.141. The van der Waals surface area contributed by atoms with E-state index in [0.29, 0.717) is 0 Å². The van der Waals surface area contributed by atoms with Crippen LogP contribution in [-0.4, -0.2) is 17.0 Å². The van der Waals surface area contributed by atoms with Crippen molar-refractivity contribution in [2.24, 2.45) is 11.3 Å². The maximum absolute atomic E-state index is 11.7. The van der Waals surface area contributed by atoms with Crippen molar-refractivity contribution in [3.05, 3.63) is 0 Å². The van der Waals surface area contributed by atoms with Crippen molar-refractivity contribution in [2.45, 2.75) is 46.1 Å². The Morgan fingerprint density at radius 1 is 1.67 bits per heavy atom. The highest BCUT2D eigenvalue weighted by atomic mass is 16.3. The van der Waals surface area contributed by atoms with Gasteiger partial charge in [-0.25, -0.2) is 0 Å². The summed E-state index contributed by atoms with van der Waals surface area (Å²) in [6.07, 6.45) is 2.39. The molecule has 12 heavy (non-hydrogen) atoms. The molecule has 0 amide bonds. The van der Waals surface area contributed by atoms with Gasteiger partial charge < -0.3 is 5.11 Å². The maximum atomic E-state index is 11.7. The first-order valence-electron chi connectivity index (χ1n) is 4.71. The molecule has 0 bridgehead atoms. The molecule has 0 saturated heterocycles.